The summed E-state index contributed by atoms with van der Waals surface area (Å²) in [6, 6.07) is 5.78. The van der Waals surface area contributed by atoms with E-state index in [4.69, 9.17) is 9.47 Å². The van der Waals surface area contributed by atoms with Crippen molar-refractivity contribution >= 4 is 5.97 Å². The molecule has 0 bridgehead atoms. The zero-order chi connectivity index (χ0) is 16.8. The fraction of sp³-hybridized carbons (Fsp3) is 0.526. The maximum atomic E-state index is 12.5. The third kappa shape index (κ3) is 2.19. The lowest BCUT2D eigenvalue weighted by Crippen LogP contribution is -2.46. The molecular weight excluding hydrogens is 292 g/mol. The Hall–Kier alpha value is -1.81. The molecule has 0 aromatic heterocycles. The van der Waals surface area contributed by atoms with Crippen LogP contribution in [0, 0.1) is 5.41 Å². The van der Waals surface area contributed by atoms with Crippen LogP contribution in [0.1, 0.15) is 50.3 Å². The van der Waals surface area contributed by atoms with Crippen molar-refractivity contribution in [2.45, 2.75) is 44.6 Å². The maximum absolute atomic E-state index is 12.5. The van der Waals surface area contributed by atoms with Gasteiger partial charge in [-0.2, -0.15) is 0 Å². The summed E-state index contributed by atoms with van der Waals surface area (Å²) in [7, 11) is 3.07. The van der Waals surface area contributed by atoms with Gasteiger partial charge in [-0.25, -0.2) is 0 Å². The number of hydrogen-bond acceptors (Lipinski definition) is 4. The average molecular weight is 316 g/mol. The second-order valence-corrected chi connectivity index (χ2v) is 6.99. The van der Waals surface area contributed by atoms with Crippen LogP contribution < -0.4 is 4.74 Å². The van der Waals surface area contributed by atoms with Gasteiger partial charge in [0.25, 0.3) is 0 Å². The number of aliphatic hydroxyl groups is 1. The van der Waals surface area contributed by atoms with Gasteiger partial charge in [0.2, 0.25) is 0 Å². The molecule has 0 saturated heterocycles. The third-order valence-corrected chi connectivity index (χ3v) is 5.68. The van der Waals surface area contributed by atoms with E-state index in [1.165, 1.54) is 7.11 Å². The zero-order valence-electron chi connectivity index (χ0n) is 14.2. The lowest BCUT2D eigenvalue weighted by atomic mass is 9.54. The lowest BCUT2D eigenvalue weighted by molar-refractivity contribution is -0.151. The predicted octanol–water partition coefficient (Wildman–Crippen LogP) is 3.29. The molecule has 0 amide bonds. The Labute approximate surface area is 137 Å². The first kappa shape index (κ1) is 16.1. The highest BCUT2D eigenvalue weighted by Gasteiger charge is 2.52. The van der Waals surface area contributed by atoms with Crippen LogP contribution in [-0.2, 0) is 14.9 Å². The Kier molecular flexibility index (Phi) is 3.75. The van der Waals surface area contributed by atoms with Crippen molar-refractivity contribution in [2.24, 2.45) is 5.41 Å². The molecule has 4 heteroatoms. The molecular formula is C19H24O4. The molecule has 124 valence electrons. The first-order chi connectivity index (χ1) is 10.9. The highest BCUT2D eigenvalue weighted by Crippen LogP contribution is 2.57. The molecule has 2 aliphatic carbocycles. The van der Waals surface area contributed by atoms with Gasteiger partial charge in [-0.15, -0.1) is 0 Å². The summed E-state index contributed by atoms with van der Waals surface area (Å²) >= 11 is 0. The van der Waals surface area contributed by atoms with Gasteiger partial charge in [-0.05, 0) is 48.6 Å². The van der Waals surface area contributed by atoms with E-state index in [1.807, 2.05) is 31.2 Å². The number of carbonyl (C=O) groups excluding carboxylic acids is 1. The first-order valence-electron chi connectivity index (χ1n) is 8.04. The Balaban J connectivity index is 2.20. The number of carbonyl (C=O) groups is 1. The smallest absolute Gasteiger partial charge is 0.315 e. The van der Waals surface area contributed by atoms with Gasteiger partial charge in [0, 0.05) is 5.41 Å². The van der Waals surface area contributed by atoms with Crippen LogP contribution in [0.2, 0.25) is 0 Å². The van der Waals surface area contributed by atoms with Crippen LogP contribution in [0.4, 0.5) is 0 Å². The van der Waals surface area contributed by atoms with Crippen LogP contribution >= 0.6 is 0 Å². The fourth-order valence-corrected chi connectivity index (χ4v) is 4.40. The molecule has 0 aliphatic heterocycles. The van der Waals surface area contributed by atoms with E-state index in [1.54, 1.807) is 7.11 Å². The monoisotopic (exact) mass is 316 g/mol. The summed E-state index contributed by atoms with van der Waals surface area (Å²) in [5.74, 6) is 0.539. The number of benzene rings is 1. The summed E-state index contributed by atoms with van der Waals surface area (Å²) in [6.45, 7) is 4.09. The van der Waals surface area contributed by atoms with Crippen molar-refractivity contribution in [1.82, 2.24) is 0 Å². The van der Waals surface area contributed by atoms with Crippen LogP contribution in [0.3, 0.4) is 0 Å². The quantitative estimate of drug-likeness (QED) is 0.672. The van der Waals surface area contributed by atoms with Gasteiger partial charge in [0.05, 0.1) is 25.7 Å². The number of hydrogen-bond donors (Lipinski definition) is 1. The van der Waals surface area contributed by atoms with Crippen molar-refractivity contribution in [3.05, 3.63) is 41.0 Å². The van der Waals surface area contributed by atoms with Crippen molar-refractivity contribution < 1.29 is 19.4 Å². The minimum absolute atomic E-state index is 0.228. The van der Waals surface area contributed by atoms with E-state index in [9.17, 15) is 9.90 Å². The number of rotatable bonds is 2. The average Bonchev–Trinajstić information content (AvgIpc) is 2.56. The van der Waals surface area contributed by atoms with Gasteiger partial charge in [0.1, 0.15) is 5.75 Å². The third-order valence-electron chi connectivity index (χ3n) is 5.68. The molecule has 1 aromatic carbocycles. The van der Waals surface area contributed by atoms with Crippen LogP contribution in [0.15, 0.2) is 29.8 Å². The number of fused-ring (bicyclic) bond motifs is 3. The second-order valence-electron chi connectivity index (χ2n) is 6.99. The van der Waals surface area contributed by atoms with Gasteiger partial charge in [0.15, 0.2) is 0 Å². The van der Waals surface area contributed by atoms with Crippen molar-refractivity contribution in [3.8, 4) is 5.75 Å². The lowest BCUT2D eigenvalue weighted by Gasteiger charge is -2.49. The fourth-order valence-electron chi connectivity index (χ4n) is 4.40. The molecule has 1 fully saturated rings. The number of esters is 1. The maximum Gasteiger partial charge on any atom is 0.315 e. The molecule has 3 atom stereocenters. The molecule has 3 rings (SSSR count). The Morgan fingerprint density at radius 1 is 1.26 bits per heavy atom. The summed E-state index contributed by atoms with van der Waals surface area (Å²) in [4.78, 5) is 12.5. The van der Waals surface area contributed by atoms with E-state index in [0.717, 1.165) is 41.7 Å². The minimum atomic E-state index is -0.707. The van der Waals surface area contributed by atoms with Gasteiger partial charge >= 0.3 is 5.97 Å². The van der Waals surface area contributed by atoms with E-state index < -0.39 is 11.5 Å². The molecule has 0 radical (unpaired) electrons. The normalized spacial score (nSPS) is 32.4. The van der Waals surface area contributed by atoms with Crippen LogP contribution in [0.5, 0.6) is 5.75 Å². The summed E-state index contributed by atoms with van der Waals surface area (Å²) in [5.41, 5.74) is 1.94. The van der Waals surface area contributed by atoms with Gasteiger partial charge in [-0.3, -0.25) is 4.79 Å². The van der Waals surface area contributed by atoms with Gasteiger partial charge in [-0.1, -0.05) is 25.5 Å². The van der Waals surface area contributed by atoms with Crippen molar-refractivity contribution in [2.75, 3.05) is 14.2 Å². The molecule has 0 heterocycles. The molecule has 0 spiro atoms. The highest BCUT2D eigenvalue weighted by molar-refractivity contribution is 5.82. The Morgan fingerprint density at radius 3 is 2.65 bits per heavy atom. The first-order valence-corrected chi connectivity index (χ1v) is 8.04. The Morgan fingerprint density at radius 2 is 2.00 bits per heavy atom. The minimum Gasteiger partial charge on any atom is -0.497 e. The Bertz CT molecular complexity index is 678. The molecule has 2 aliphatic rings. The predicted molar refractivity (Wildman–Crippen MR) is 87.4 cm³/mol. The molecule has 1 N–H and O–H groups in total. The number of ether oxygens (including phenoxy) is 2. The van der Waals surface area contributed by atoms with E-state index in [2.05, 4.69) is 6.92 Å². The van der Waals surface area contributed by atoms with Gasteiger partial charge < -0.3 is 14.6 Å². The summed E-state index contributed by atoms with van der Waals surface area (Å²) in [5, 5.41) is 10.6. The molecule has 0 unspecified atom stereocenters. The number of methoxy groups -OCH3 is 2. The second kappa shape index (κ2) is 5.38. The van der Waals surface area contributed by atoms with E-state index >= 15 is 0 Å². The standard InChI is InChI=1S/C19H24O4/c1-18-8-5-9-19(2,17(21)23-4)16(18)11-15(20)13-7-6-12(22-3)10-14(13)18/h6-7,10-11,15,20H,5,8-9H2,1-4H3/t15-,18-,19+/m1/s1. The van der Waals surface area contributed by atoms with Crippen molar-refractivity contribution in [1.29, 1.82) is 0 Å². The van der Waals surface area contributed by atoms with Crippen molar-refractivity contribution in [3.63, 3.8) is 0 Å². The van der Waals surface area contributed by atoms with Crippen LogP contribution in [-0.4, -0.2) is 25.3 Å². The zero-order valence-corrected chi connectivity index (χ0v) is 14.2. The van der Waals surface area contributed by atoms with E-state index in [0.29, 0.717) is 0 Å². The van der Waals surface area contributed by atoms with Crippen LogP contribution in [0.25, 0.3) is 0 Å². The van der Waals surface area contributed by atoms with E-state index in [-0.39, 0.29) is 11.4 Å². The molecule has 1 aromatic rings. The summed E-state index contributed by atoms with van der Waals surface area (Å²) < 4.78 is 10.4. The highest BCUT2D eigenvalue weighted by atomic mass is 16.5. The summed E-state index contributed by atoms with van der Waals surface area (Å²) in [6.07, 6.45) is 3.77. The SMILES string of the molecule is COC(=O)[C@@]1(C)CCC[C@@]2(C)C1=C[C@@H](O)c1ccc(OC)cc12. The molecule has 4 nitrogen and oxygen atoms in total. The number of aliphatic hydroxyl groups excluding tert-OH is 1. The molecule has 1 saturated carbocycles. The topological polar surface area (TPSA) is 55.8 Å². The molecule has 23 heavy (non-hydrogen) atoms. The largest absolute Gasteiger partial charge is 0.497 e.